The van der Waals surface area contributed by atoms with Gasteiger partial charge in [0.2, 0.25) is 5.91 Å². The lowest BCUT2D eigenvalue weighted by Crippen LogP contribution is -2.46. The second-order valence-corrected chi connectivity index (χ2v) is 6.98. The third-order valence-electron chi connectivity index (χ3n) is 4.58. The molecule has 2 aromatic heterocycles. The lowest BCUT2D eigenvalue weighted by Gasteiger charge is -2.35. The van der Waals surface area contributed by atoms with Crippen molar-refractivity contribution in [2.75, 3.05) is 20.7 Å². The first-order valence-corrected chi connectivity index (χ1v) is 9.00. The molecule has 0 spiro atoms. The van der Waals surface area contributed by atoms with Gasteiger partial charge < -0.3 is 15.0 Å². The minimum atomic E-state index is -0.171. The Hall–Kier alpha value is -2.58. The summed E-state index contributed by atoms with van der Waals surface area (Å²) < 4.78 is 5.02. The molecule has 1 saturated carbocycles. The Balaban J connectivity index is 1.45. The number of pyridine rings is 1. The maximum Gasteiger partial charge on any atom is 0.251 e. The van der Waals surface area contributed by atoms with Crippen molar-refractivity contribution in [2.45, 2.75) is 38.0 Å². The Kier molecular flexibility index (Phi) is 6.31. The zero-order valence-corrected chi connectivity index (χ0v) is 15.6. The van der Waals surface area contributed by atoms with Crippen LogP contribution in [-0.4, -0.2) is 52.5 Å². The van der Waals surface area contributed by atoms with E-state index in [1.807, 2.05) is 30.1 Å². The molecule has 2 N–H and O–H groups in total. The first kappa shape index (κ1) is 19.2. The van der Waals surface area contributed by atoms with Gasteiger partial charge in [-0.2, -0.15) is 0 Å². The molecule has 1 fully saturated rings. The van der Waals surface area contributed by atoms with Crippen LogP contribution in [0.25, 0.3) is 0 Å². The first-order chi connectivity index (χ1) is 13.0. The molecule has 3 rings (SSSR count). The molecule has 27 heavy (non-hydrogen) atoms. The van der Waals surface area contributed by atoms with Crippen molar-refractivity contribution in [3.8, 4) is 0 Å². The summed E-state index contributed by atoms with van der Waals surface area (Å²) in [6.45, 7) is 1.22. The molecule has 8 heteroatoms. The third-order valence-corrected chi connectivity index (χ3v) is 4.58. The van der Waals surface area contributed by atoms with Gasteiger partial charge in [0, 0.05) is 37.9 Å². The molecule has 1 amide bonds. The van der Waals surface area contributed by atoms with Gasteiger partial charge in [-0.3, -0.25) is 19.5 Å². The fourth-order valence-corrected chi connectivity index (χ4v) is 3.26. The van der Waals surface area contributed by atoms with Gasteiger partial charge in [0.1, 0.15) is 12.4 Å². The van der Waals surface area contributed by atoms with Crippen molar-refractivity contribution < 1.29 is 9.53 Å². The summed E-state index contributed by atoms with van der Waals surface area (Å²) >= 11 is 0. The lowest BCUT2D eigenvalue weighted by molar-refractivity contribution is -0.123. The minimum Gasteiger partial charge on any atom is -0.377 e. The Morgan fingerprint density at radius 1 is 1.41 bits per heavy atom. The molecule has 0 aliphatic heterocycles. The highest BCUT2D eigenvalue weighted by Crippen LogP contribution is 2.35. The summed E-state index contributed by atoms with van der Waals surface area (Å²) in [5.41, 5.74) is 1.53. The number of hydrogen-bond donors (Lipinski definition) is 2. The Bertz CT molecular complexity index is 818. The number of aromatic nitrogens is 3. The van der Waals surface area contributed by atoms with Crippen LogP contribution in [0, 0.1) is 0 Å². The van der Waals surface area contributed by atoms with E-state index in [1.54, 1.807) is 13.3 Å². The number of hydrogen-bond acceptors (Lipinski definition) is 6. The van der Waals surface area contributed by atoms with Crippen LogP contribution in [0.15, 0.2) is 35.3 Å². The maximum absolute atomic E-state index is 12.2. The van der Waals surface area contributed by atoms with Crippen LogP contribution in [-0.2, 0) is 22.7 Å². The summed E-state index contributed by atoms with van der Waals surface area (Å²) in [7, 11) is 3.46. The van der Waals surface area contributed by atoms with Gasteiger partial charge in [0.15, 0.2) is 0 Å². The second kappa shape index (κ2) is 8.88. The average molecular weight is 371 g/mol. The highest BCUT2D eigenvalue weighted by Gasteiger charge is 2.32. The molecular formula is C19H25N5O3. The highest BCUT2D eigenvalue weighted by molar-refractivity contribution is 5.78. The van der Waals surface area contributed by atoms with Gasteiger partial charge in [0.25, 0.3) is 5.56 Å². The molecule has 0 aromatic carbocycles. The number of carbonyl (C=O) groups is 1. The Morgan fingerprint density at radius 3 is 2.93 bits per heavy atom. The number of ether oxygens (including phenoxy) is 1. The number of rotatable bonds is 8. The normalized spacial score (nSPS) is 18.9. The standard InChI is InChI=1S/C19H25N5O3/c1-24(10-14-5-3-4-6-20-14)11-19(26)21-15-7-13(8-15)16-9-18(25)23-17(22-16)12-27-2/h3-6,9,13,15H,7-8,10-12H2,1-2H3,(H,21,26)(H,22,23,25). The summed E-state index contributed by atoms with van der Waals surface area (Å²) in [5.74, 6) is 0.721. The smallest absolute Gasteiger partial charge is 0.251 e. The molecule has 0 bridgehead atoms. The number of likely N-dealkylation sites (N-methyl/N-ethyl adjacent to an activating group) is 1. The number of nitrogens with zero attached hydrogens (tertiary/aromatic N) is 3. The Morgan fingerprint density at radius 2 is 2.22 bits per heavy atom. The molecule has 8 nitrogen and oxygen atoms in total. The fraction of sp³-hybridized carbons (Fsp3) is 0.474. The van der Waals surface area contributed by atoms with Gasteiger partial charge in [-0.25, -0.2) is 4.98 Å². The lowest BCUT2D eigenvalue weighted by atomic mass is 9.78. The van der Waals surface area contributed by atoms with Crippen LogP contribution in [0.5, 0.6) is 0 Å². The van der Waals surface area contributed by atoms with Crippen LogP contribution >= 0.6 is 0 Å². The highest BCUT2D eigenvalue weighted by atomic mass is 16.5. The quantitative estimate of drug-likeness (QED) is 0.712. The van der Waals surface area contributed by atoms with Crippen LogP contribution < -0.4 is 10.9 Å². The molecule has 144 valence electrons. The summed E-state index contributed by atoms with van der Waals surface area (Å²) in [6, 6.07) is 7.40. The second-order valence-electron chi connectivity index (χ2n) is 6.98. The van der Waals surface area contributed by atoms with Crippen molar-refractivity contribution in [1.29, 1.82) is 0 Å². The molecule has 0 radical (unpaired) electrons. The van der Waals surface area contributed by atoms with Gasteiger partial charge in [-0.05, 0) is 32.0 Å². The SMILES string of the molecule is COCc1nc(C2CC(NC(=O)CN(C)Cc3ccccn3)C2)cc(=O)[nH]1. The van der Waals surface area contributed by atoms with Crippen molar-refractivity contribution >= 4 is 5.91 Å². The molecule has 0 saturated heterocycles. The maximum atomic E-state index is 12.2. The van der Waals surface area contributed by atoms with E-state index in [0.717, 1.165) is 24.2 Å². The summed E-state index contributed by atoms with van der Waals surface area (Å²) in [5, 5.41) is 3.05. The molecule has 1 aliphatic carbocycles. The van der Waals surface area contributed by atoms with Crippen molar-refractivity contribution in [2.24, 2.45) is 0 Å². The van der Waals surface area contributed by atoms with E-state index < -0.39 is 0 Å². The molecule has 0 unspecified atom stereocenters. The topological polar surface area (TPSA) is 100 Å². The van der Waals surface area contributed by atoms with Crippen molar-refractivity contribution in [1.82, 2.24) is 25.2 Å². The molecule has 2 heterocycles. The van der Waals surface area contributed by atoms with E-state index in [-0.39, 0.29) is 30.0 Å². The van der Waals surface area contributed by atoms with E-state index in [2.05, 4.69) is 20.3 Å². The zero-order valence-electron chi connectivity index (χ0n) is 15.6. The number of methoxy groups -OCH3 is 1. The largest absolute Gasteiger partial charge is 0.377 e. The van der Waals surface area contributed by atoms with E-state index in [0.29, 0.717) is 18.9 Å². The van der Waals surface area contributed by atoms with E-state index in [1.165, 1.54) is 6.07 Å². The number of H-pyrrole nitrogens is 1. The Labute approximate surface area is 158 Å². The van der Waals surface area contributed by atoms with Crippen molar-refractivity contribution in [3.63, 3.8) is 0 Å². The zero-order chi connectivity index (χ0) is 19.2. The molecule has 1 aliphatic rings. The number of aromatic amines is 1. The average Bonchev–Trinajstić information content (AvgIpc) is 2.58. The van der Waals surface area contributed by atoms with Gasteiger partial charge in [-0.15, -0.1) is 0 Å². The minimum absolute atomic E-state index is 0.00387. The number of amides is 1. The van der Waals surface area contributed by atoms with Gasteiger partial charge in [-0.1, -0.05) is 6.07 Å². The van der Waals surface area contributed by atoms with Crippen molar-refractivity contribution in [3.05, 3.63) is 58.0 Å². The monoisotopic (exact) mass is 371 g/mol. The van der Waals surface area contributed by atoms with Gasteiger partial charge >= 0.3 is 0 Å². The van der Waals surface area contributed by atoms with Gasteiger partial charge in [0.05, 0.1) is 17.9 Å². The van der Waals surface area contributed by atoms with E-state index >= 15 is 0 Å². The predicted octanol–water partition coefficient (Wildman–Crippen LogP) is 0.805. The molecule has 0 atom stereocenters. The van der Waals surface area contributed by atoms with Crippen LogP contribution in [0.4, 0.5) is 0 Å². The summed E-state index contributed by atoms with van der Waals surface area (Å²) in [6.07, 6.45) is 3.33. The number of nitrogens with one attached hydrogen (secondary N) is 2. The van der Waals surface area contributed by atoms with Crippen LogP contribution in [0.2, 0.25) is 0 Å². The predicted molar refractivity (Wildman–Crippen MR) is 100 cm³/mol. The van der Waals surface area contributed by atoms with E-state index in [9.17, 15) is 9.59 Å². The molecular weight excluding hydrogens is 346 g/mol. The van der Waals surface area contributed by atoms with E-state index in [4.69, 9.17) is 4.74 Å². The number of carbonyl (C=O) groups excluding carboxylic acids is 1. The molecule has 2 aromatic rings. The van der Waals surface area contributed by atoms with Crippen LogP contribution in [0.1, 0.15) is 36.0 Å². The third kappa shape index (κ3) is 5.45. The fourth-order valence-electron chi connectivity index (χ4n) is 3.26. The summed E-state index contributed by atoms with van der Waals surface area (Å²) in [4.78, 5) is 37.3. The van der Waals surface area contributed by atoms with Crippen LogP contribution in [0.3, 0.4) is 0 Å². The first-order valence-electron chi connectivity index (χ1n) is 9.00.